The van der Waals surface area contributed by atoms with E-state index in [1.807, 2.05) is 6.07 Å². The number of nitrogens with one attached hydrogen (secondary N) is 1. The van der Waals surface area contributed by atoms with Gasteiger partial charge in [-0.25, -0.2) is 0 Å². The lowest BCUT2D eigenvalue weighted by Gasteiger charge is -2.32. The molecule has 0 amide bonds. The number of halogens is 1. The average Bonchev–Trinajstić information content (AvgIpc) is 3.24. The van der Waals surface area contributed by atoms with Crippen molar-refractivity contribution in [3.63, 3.8) is 0 Å². The van der Waals surface area contributed by atoms with Crippen LogP contribution in [0.25, 0.3) is 16.5 Å². The lowest BCUT2D eigenvalue weighted by atomic mass is 9.85. The topological polar surface area (TPSA) is 78.5 Å². The van der Waals surface area contributed by atoms with E-state index in [1.54, 1.807) is 0 Å². The minimum atomic E-state index is -0.653. The van der Waals surface area contributed by atoms with Gasteiger partial charge in [-0.2, -0.15) is 5.10 Å². The van der Waals surface area contributed by atoms with E-state index in [0.717, 1.165) is 67.5 Å². The molecule has 5 rings (SSSR count). The van der Waals surface area contributed by atoms with Crippen molar-refractivity contribution in [2.45, 2.75) is 52.6 Å². The second-order valence-electron chi connectivity index (χ2n) is 10.5. The maximum atomic E-state index is 11.3. The van der Waals surface area contributed by atoms with E-state index in [-0.39, 0.29) is 17.9 Å². The summed E-state index contributed by atoms with van der Waals surface area (Å²) < 4.78 is 6.56. The quantitative estimate of drug-likeness (QED) is 0.381. The van der Waals surface area contributed by atoms with Gasteiger partial charge in [-0.05, 0) is 98.1 Å². The van der Waals surface area contributed by atoms with E-state index >= 15 is 0 Å². The van der Waals surface area contributed by atoms with Crippen LogP contribution >= 0.6 is 11.6 Å². The summed E-state index contributed by atoms with van der Waals surface area (Å²) in [6.07, 6.45) is 3.42. The Bertz CT molecular complexity index is 1300. The van der Waals surface area contributed by atoms with E-state index in [4.69, 9.17) is 16.3 Å². The average molecular weight is 508 g/mol. The van der Waals surface area contributed by atoms with Crippen LogP contribution in [0.15, 0.2) is 42.0 Å². The Morgan fingerprint density at radius 2 is 1.97 bits per heavy atom. The lowest BCUT2D eigenvalue weighted by molar-refractivity contribution is -0.143. The molecule has 0 bridgehead atoms. The first-order valence-corrected chi connectivity index (χ1v) is 13.2. The Labute approximate surface area is 217 Å². The second-order valence-corrected chi connectivity index (χ2v) is 10.9. The molecule has 3 aromatic rings. The second kappa shape index (κ2) is 10.3. The Hall–Kier alpha value is -2.83. The number of aryl methyl sites for hydroxylation is 1. The van der Waals surface area contributed by atoms with Gasteiger partial charge in [0.25, 0.3) is 0 Å². The summed E-state index contributed by atoms with van der Waals surface area (Å²) in [7, 11) is 0. The van der Waals surface area contributed by atoms with Crippen LogP contribution in [0.1, 0.15) is 62.8 Å². The van der Waals surface area contributed by atoms with Gasteiger partial charge in [-0.3, -0.25) is 14.8 Å². The summed E-state index contributed by atoms with van der Waals surface area (Å²) in [6, 6.07) is 12.6. The molecule has 0 radical (unpaired) electrons. The molecule has 1 fully saturated rings. The summed E-state index contributed by atoms with van der Waals surface area (Å²) in [5, 5.41) is 17.7. The fraction of sp³-hybridized carbons (Fsp3) is 0.448. The van der Waals surface area contributed by atoms with E-state index in [0.29, 0.717) is 5.15 Å². The number of ether oxygens (including phenoxy) is 1. The smallest absolute Gasteiger partial charge is 0.306 e. The third-order valence-electron chi connectivity index (χ3n) is 7.80. The number of nitrogens with zero attached hydrogens (tertiary/aromatic N) is 2. The Morgan fingerprint density at radius 3 is 2.69 bits per heavy atom. The Kier molecular flexibility index (Phi) is 7.09. The highest BCUT2D eigenvalue weighted by Crippen LogP contribution is 2.37. The largest absolute Gasteiger partial charge is 0.485 e. The third-order valence-corrected chi connectivity index (χ3v) is 8.08. The minimum Gasteiger partial charge on any atom is -0.485 e. The van der Waals surface area contributed by atoms with Crippen LogP contribution < -0.4 is 4.74 Å². The van der Waals surface area contributed by atoms with Gasteiger partial charge < -0.3 is 9.84 Å². The summed E-state index contributed by atoms with van der Waals surface area (Å²) in [5.74, 6) is 0.329. The van der Waals surface area contributed by atoms with Crippen LogP contribution in [0.2, 0.25) is 5.15 Å². The number of aromatic amines is 1. The highest BCUT2D eigenvalue weighted by molar-refractivity contribution is 6.34. The molecule has 190 valence electrons. The van der Waals surface area contributed by atoms with Gasteiger partial charge in [0.05, 0.1) is 11.4 Å². The molecule has 2 heterocycles. The van der Waals surface area contributed by atoms with Gasteiger partial charge in [0.2, 0.25) is 0 Å². The number of aromatic nitrogens is 2. The van der Waals surface area contributed by atoms with E-state index in [1.165, 1.54) is 22.3 Å². The van der Waals surface area contributed by atoms with Crippen molar-refractivity contribution in [1.82, 2.24) is 15.1 Å². The molecule has 7 heteroatoms. The number of rotatable bonds is 7. The molecule has 2 aromatic carbocycles. The number of hydrogen-bond donors (Lipinski definition) is 2. The molecular weight excluding hydrogens is 474 g/mol. The molecule has 1 unspecified atom stereocenters. The van der Waals surface area contributed by atoms with Gasteiger partial charge in [-0.1, -0.05) is 43.2 Å². The fourth-order valence-corrected chi connectivity index (χ4v) is 5.80. The minimum absolute atomic E-state index is 0.0945. The summed E-state index contributed by atoms with van der Waals surface area (Å²) in [5.41, 5.74) is 7.46. The van der Waals surface area contributed by atoms with Crippen molar-refractivity contribution >= 4 is 34.0 Å². The van der Waals surface area contributed by atoms with Gasteiger partial charge in [-0.15, -0.1) is 0 Å². The van der Waals surface area contributed by atoms with Gasteiger partial charge in [0.1, 0.15) is 11.9 Å². The number of hydrogen-bond acceptors (Lipinski definition) is 4. The van der Waals surface area contributed by atoms with Crippen LogP contribution in [0.5, 0.6) is 5.75 Å². The molecule has 0 saturated carbocycles. The molecular formula is C29H34ClN3O3. The first kappa shape index (κ1) is 24.8. The standard InChI is InChI=1S/C29H34ClN3O3/c1-17(2)27(21-6-9-26-25(15-21)28(30)32-31-26)36-23-7-8-24-18(3)22(5-4-20(24)14-23)16-33-12-10-19(11-13-33)29(34)35/h6-9,14-15,17,19,27H,4-5,10-13,16H2,1-3H3,(H,31,32)(H,34,35). The SMILES string of the molecule is CC1=C(CN2CCC(C(=O)O)CC2)CCc2cc(OC(c3ccc4[nH]nc(Cl)c4c3)C(C)C)ccc21. The molecule has 2 N–H and O–H groups in total. The monoisotopic (exact) mass is 507 g/mol. The zero-order valence-corrected chi connectivity index (χ0v) is 21.9. The summed E-state index contributed by atoms with van der Waals surface area (Å²) in [4.78, 5) is 13.7. The summed E-state index contributed by atoms with van der Waals surface area (Å²) >= 11 is 6.26. The highest BCUT2D eigenvalue weighted by atomic mass is 35.5. The number of benzene rings is 2. The zero-order chi connectivity index (χ0) is 25.4. The Balaban J connectivity index is 1.32. The van der Waals surface area contributed by atoms with Gasteiger partial charge >= 0.3 is 5.97 Å². The first-order chi connectivity index (χ1) is 17.3. The molecule has 2 aliphatic rings. The van der Waals surface area contributed by atoms with Crippen LogP contribution in [0, 0.1) is 11.8 Å². The van der Waals surface area contributed by atoms with Crippen LogP contribution in [0.3, 0.4) is 0 Å². The maximum Gasteiger partial charge on any atom is 0.306 e. The van der Waals surface area contributed by atoms with E-state index in [9.17, 15) is 9.90 Å². The van der Waals surface area contributed by atoms with E-state index in [2.05, 4.69) is 66.2 Å². The molecule has 0 spiro atoms. The van der Waals surface area contributed by atoms with Gasteiger partial charge in [0.15, 0.2) is 5.15 Å². The normalized spacial score (nSPS) is 18.0. The molecule has 1 atom stereocenters. The third kappa shape index (κ3) is 5.02. The molecule has 1 aliphatic heterocycles. The predicted molar refractivity (Wildman–Crippen MR) is 143 cm³/mol. The maximum absolute atomic E-state index is 11.3. The van der Waals surface area contributed by atoms with Crippen LogP contribution in [0.4, 0.5) is 0 Å². The van der Waals surface area contributed by atoms with Crippen molar-refractivity contribution in [3.05, 3.63) is 63.8 Å². The fourth-order valence-electron chi connectivity index (χ4n) is 5.60. The number of carboxylic acids is 1. The zero-order valence-electron chi connectivity index (χ0n) is 21.2. The van der Waals surface area contributed by atoms with Crippen LogP contribution in [-0.4, -0.2) is 45.8 Å². The van der Waals surface area contributed by atoms with E-state index < -0.39 is 5.97 Å². The number of fused-ring (bicyclic) bond motifs is 2. The number of carboxylic acid groups (broad SMARTS) is 1. The van der Waals surface area contributed by atoms with Crippen molar-refractivity contribution in [3.8, 4) is 5.75 Å². The van der Waals surface area contributed by atoms with Gasteiger partial charge in [0, 0.05) is 11.9 Å². The summed E-state index contributed by atoms with van der Waals surface area (Å²) in [6.45, 7) is 9.22. The lowest BCUT2D eigenvalue weighted by Crippen LogP contribution is -2.37. The molecule has 1 aromatic heterocycles. The number of piperidine rings is 1. The number of aliphatic carboxylic acids is 1. The van der Waals surface area contributed by atoms with Crippen molar-refractivity contribution in [2.24, 2.45) is 11.8 Å². The Morgan fingerprint density at radius 1 is 1.19 bits per heavy atom. The molecule has 36 heavy (non-hydrogen) atoms. The first-order valence-electron chi connectivity index (χ1n) is 12.9. The number of likely N-dealkylation sites (tertiary alicyclic amines) is 1. The van der Waals surface area contributed by atoms with Crippen molar-refractivity contribution in [2.75, 3.05) is 19.6 Å². The highest BCUT2D eigenvalue weighted by Gasteiger charge is 2.26. The molecule has 1 aliphatic carbocycles. The van der Waals surface area contributed by atoms with Crippen LogP contribution in [-0.2, 0) is 11.2 Å². The molecule has 1 saturated heterocycles. The number of allylic oxidation sites excluding steroid dienone is 1. The predicted octanol–water partition coefficient (Wildman–Crippen LogP) is 6.51. The number of H-pyrrole nitrogens is 1. The van der Waals surface area contributed by atoms with Crippen molar-refractivity contribution in [1.29, 1.82) is 0 Å². The van der Waals surface area contributed by atoms with Crippen molar-refractivity contribution < 1.29 is 14.6 Å². The molecule has 6 nitrogen and oxygen atoms in total. The number of carbonyl (C=O) groups is 1.